The summed E-state index contributed by atoms with van der Waals surface area (Å²) in [7, 11) is 0. The van der Waals surface area contributed by atoms with Gasteiger partial charge in [0.1, 0.15) is 23.4 Å². The molecular formula is C21H17F2N3O4. The summed E-state index contributed by atoms with van der Waals surface area (Å²) in [4.78, 5) is 40.5. The van der Waals surface area contributed by atoms with Gasteiger partial charge in [-0.25, -0.2) is 13.8 Å². The highest BCUT2D eigenvalue weighted by molar-refractivity contribution is 6.38. The molecule has 30 heavy (non-hydrogen) atoms. The monoisotopic (exact) mass is 413 g/mol. The lowest BCUT2D eigenvalue weighted by Gasteiger charge is -2.16. The summed E-state index contributed by atoms with van der Waals surface area (Å²) in [5.41, 5.74) is 5.12. The van der Waals surface area contributed by atoms with Crippen molar-refractivity contribution in [2.45, 2.75) is 19.4 Å². The van der Waals surface area contributed by atoms with Crippen molar-refractivity contribution in [1.29, 1.82) is 0 Å². The first-order chi connectivity index (χ1) is 14.3. The second-order valence-corrected chi connectivity index (χ2v) is 6.44. The number of aryl methyl sites for hydroxylation is 1. The molecule has 154 valence electrons. The topological polar surface area (TPSA) is 115 Å². The SMILES string of the molecule is Cc1nc(-c2ccccc2F)c(C(=O)NC(Cc2ccccc2F)C(=O)C(N)=O)o1. The minimum Gasteiger partial charge on any atom is -0.435 e. The average Bonchev–Trinajstić information content (AvgIpc) is 3.10. The van der Waals surface area contributed by atoms with Gasteiger partial charge in [0.25, 0.3) is 11.8 Å². The molecule has 7 nitrogen and oxygen atoms in total. The minimum atomic E-state index is -1.45. The van der Waals surface area contributed by atoms with Crippen LogP contribution in [0.4, 0.5) is 8.78 Å². The molecule has 2 amide bonds. The van der Waals surface area contributed by atoms with Gasteiger partial charge in [-0.2, -0.15) is 0 Å². The van der Waals surface area contributed by atoms with Crippen molar-refractivity contribution in [2.24, 2.45) is 5.73 Å². The quantitative estimate of drug-likeness (QED) is 0.577. The van der Waals surface area contributed by atoms with Gasteiger partial charge >= 0.3 is 0 Å². The largest absolute Gasteiger partial charge is 0.435 e. The molecule has 0 radical (unpaired) electrons. The van der Waals surface area contributed by atoms with Crippen molar-refractivity contribution < 1.29 is 27.6 Å². The highest BCUT2D eigenvalue weighted by Gasteiger charge is 2.30. The molecule has 0 aliphatic rings. The molecule has 3 rings (SSSR count). The molecular weight excluding hydrogens is 396 g/mol. The first kappa shape index (κ1) is 20.8. The van der Waals surface area contributed by atoms with Gasteiger partial charge in [-0.3, -0.25) is 14.4 Å². The van der Waals surface area contributed by atoms with Crippen LogP contribution < -0.4 is 11.1 Å². The second kappa shape index (κ2) is 8.64. The first-order valence-electron chi connectivity index (χ1n) is 8.88. The predicted octanol–water partition coefficient (Wildman–Crippen LogP) is 2.32. The summed E-state index contributed by atoms with van der Waals surface area (Å²) in [6.07, 6.45) is -0.317. The molecule has 3 aromatic rings. The smallest absolute Gasteiger partial charge is 0.290 e. The van der Waals surface area contributed by atoms with E-state index in [1.165, 1.54) is 43.3 Å². The maximum Gasteiger partial charge on any atom is 0.290 e. The first-order valence-corrected chi connectivity index (χ1v) is 8.88. The Morgan fingerprint density at radius 2 is 1.70 bits per heavy atom. The molecule has 0 aliphatic heterocycles. The summed E-state index contributed by atoms with van der Waals surface area (Å²) < 4.78 is 33.5. The molecule has 0 fully saturated rings. The van der Waals surface area contributed by atoms with E-state index in [9.17, 15) is 23.2 Å². The Morgan fingerprint density at radius 1 is 1.07 bits per heavy atom. The van der Waals surface area contributed by atoms with Crippen molar-refractivity contribution in [3.63, 3.8) is 0 Å². The molecule has 0 bridgehead atoms. The molecule has 0 saturated carbocycles. The lowest BCUT2D eigenvalue weighted by atomic mass is 10.0. The fourth-order valence-corrected chi connectivity index (χ4v) is 2.91. The minimum absolute atomic E-state index is 0.0198. The lowest BCUT2D eigenvalue weighted by molar-refractivity contribution is -0.137. The number of nitrogens with two attached hydrogens (primary N) is 1. The Bertz CT molecular complexity index is 1130. The highest BCUT2D eigenvalue weighted by Crippen LogP contribution is 2.26. The van der Waals surface area contributed by atoms with Gasteiger partial charge in [0.05, 0.1) is 0 Å². The number of hydrogen-bond acceptors (Lipinski definition) is 5. The number of nitrogens with zero attached hydrogens (tertiary/aromatic N) is 1. The Hall–Kier alpha value is -3.88. The van der Waals surface area contributed by atoms with Crippen LogP contribution in [-0.2, 0) is 16.0 Å². The molecule has 9 heteroatoms. The summed E-state index contributed by atoms with van der Waals surface area (Å²) in [5.74, 6) is -4.84. The standard InChI is InChI=1S/C21H17F2N3O4/c1-11-25-17(13-7-3-5-9-15(13)23)19(30-11)21(29)26-16(18(27)20(24)28)10-12-6-2-4-8-14(12)22/h2-9,16H,10H2,1H3,(H2,24,28)(H,26,29). The third-order valence-electron chi connectivity index (χ3n) is 4.32. The van der Waals surface area contributed by atoms with Gasteiger partial charge in [0.15, 0.2) is 5.89 Å². The number of benzene rings is 2. The van der Waals surface area contributed by atoms with Crippen LogP contribution in [0.2, 0.25) is 0 Å². The zero-order valence-corrected chi connectivity index (χ0v) is 15.8. The van der Waals surface area contributed by atoms with E-state index in [-0.39, 0.29) is 34.9 Å². The number of carbonyl (C=O) groups is 3. The van der Waals surface area contributed by atoms with Crippen molar-refractivity contribution in [1.82, 2.24) is 10.3 Å². The number of halogens is 2. The fraction of sp³-hybridized carbons (Fsp3) is 0.143. The van der Waals surface area contributed by atoms with Gasteiger partial charge in [-0.1, -0.05) is 30.3 Å². The third kappa shape index (κ3) is 4.40. The van der Waals surface area contributed by atoms with Crippen LogP contribution in [0.25, 0.3) is 11.3 Å². The molecule has 0 saturated heterocycles. The number of ketones is 1. The van der Waals surface area contributed by atoms with E-state index in [0.29, 0.717) is 0 Å². The number of nitrogens with one attached hydrogen (secondary N) is 1. The van der Waals surface area contributed by atoms with Gasteiger partial charge < -0.3 is 15.5 Å². The number of carbonyl (C=O) groups excluding carboxylic acids is 3. The summed E-state index contributed by atoms with van der Waals surface area (Å²) in [5, 5.41) is 2.32. The van der Waals surface area contributed by atoms with Crippen LogP contribution in [0.5, 0.6) is 0 Å². The van der Waals surface area contributed by atoms with Gasteiger partial charge in [-0.05, 0) is 23.8 Å². The number of oxazole rings is 1. The van der Waals surface area contributed by atoms with Crippen LogP contribution in [0.1, 0.15) is 22.0 Å². The van der Waals surface area contributed by atoms with E-state index in [1.54, 1.807) is 12.1 Å². The van der Waals surface area contributed by atoms with Crippen LogP contribution in [0.3, 0.4) is 0 Å². The molecule has 0 spiro atoms. The number of primary amides is 1. The van der Waals surface area contributed by atoms with Gasteiger partial charge in [0.2, 0.25) is 11.5 Å². The molecule has 1 atom stereocenters. The number of aromatic nitrogens is 1. The Morgan fingerprint density at radius 3 is 2.33 bits per heavy atom. The number of hydrogen-bond donors (Lipinski definition) is 2. The molecule has 3 N–H and O–H groups in total. The van der Waals surface area contributed by atoms with Crippen LogP contribution in [-0.4, -0.2) is 28.6 Å². The molecule has 0 aliphatic carbocycles. The Kier molecular flexibility index (Phi) is 6.01. The third-order valence-corrected chi connectivity index (χ3v) is 4.32. The van der Waals surface area contributed by atoms with E-state index in [2.05, 4.69) is 10.3 Å². The van der Waals surface area contributed by atoms with Crippen LogP contribution >= 0.6 is 0 Å². The van der Waals surface area contributed by atoms with E-state index in [4.69, 9.17) is 10.2 Å². The predicted molar refractivity (Wildman–Crippen MR) is 102 cm³/mol. The van der Waals surface area contributed by atoms with E-state index < -0.39 is 35.3 Å². The zero-order valence-electron chi connectivity index (χ0n) is 15.8. The van der Waals surface area contributed by atoms with Crippen molar-refractivity contribution in [3.8, 4) is 11.3 Å². The molecule has 1 heterocycles. The second-order valence-electron chi connectivity index (χ2n) is 6.44. The normalized spacial score (nSPS) is 11.7. The highest BCUT2D eigenvalue weighted by atomic mass is 19.1. The van der Waals surface area contributed by atoms with Gasteiger partial charge in [-0.15, -0.1) is 0 Å². The van der Waals surface area contributed by atoms with E-state index >= 15 is 0 Å². The van der Waals surface area contributed by atoms with Crippen molar-refractivity contribution >= 4 is 17.6 Å². The maximum atomic E-state index is 14.2. The number of amides is 2. The number of Topliss-reactive ketones (excluding diaryl/α,β-unsaturated/α-hetero) is 1. The fourth-order valence-electron chi connectivity index (χ4n) is 2.91. The lowest BCUT2D eigenvalue weighted by Crippen LogP contribution is -2.47. The van der Waals surface area contributed by atoms with E-state index in [0.717, 1.165) is 0 Å². The molecule has 2 aromatic carbocycles. The number of rotatable bonds is 7. The van der Waals surface area contributed by atoms with Crippen molar-refractivity contribution in [3.05, 3.63) is 77.4 Å². The Labute approximate surface area is 169 Å². The van der Waals surface area contributed by atoms with Crippen molar-refractivity contribution in [2.75, 3.05) is 0 Å². The molecule has 1 unspecified atom stereocenters. The van der Waals surface area contributed by atoms with Gasteiger partial charge in [0, 0.05) is 18.9 Å². The average molecular weight is 413 g/mol. The summed E-state index contributed by atoms with van der Waals surface area (Å²) >= 11 is 0. The maximum absolute atomic E-state index is 14.2. The van der Waals surface area contributed by atoms with Crippen LogP contribution in [0, 0.1) is 18.6 Å². The Balaban J connectivity index is 1.93. The summed E-state index contributed by atoms with van der Waals surface area (Å²) in [6, 6.07) is 9.77. The van der Waals surface area contributed by atoms with Crippen LogP contribution in [0.15, 0.2) is 52.9 Å². The van der Waals surface area contributed by atoms with E-state index in [1.807, 2.05) is 0 Å². The summed E-state index contributed by atoms with van der Waals surface area (Å²) in [6.45, 7) is 1.46. The zero-order chi connectivity index (χ0) is 21.8. The molecule has 1 aromatic heterocycles.